The predicted molar refractivity (Wildman–Crippen MR) is 75.5 cm³/mol. The smallest absolute Gasteiger partial charge is 0.193 e. The SMILES string of the molecule is Cc1c(Cl)cccc1C(=O)c1ccc(N)c(Cl)c1. The van der Waals surface area contributed by atoms with E-state index in [-0.39, 0.29) is 5.78 Å². The summed E-state index contributed by atoms with van der Waals surface area (Å²) in [7, 11) is 0. The van der Waals surface area contributed by atoms with Crippen molar-refractivity contribution >= 4 is 34.7 Å². The molecule has 0 bridgehead atoms. The van der Waals surface area contributed by atoms with E-state index in [0.29, 0.717) is 26.9 Å². The van der Waals surface area contributed by atoms with Crippen molar-refractivity contribution in [3.63, 3.8) is 0 Å². The first-order valence-corrected chi connectivity index (χ1v) is 6.11. The number of nitrogen functional groups attached to an aromatic ring is 1. The van der Waals surface area contributed by atoms with Crippen LogP contribution in [0.2, 0.25) is 10.0 Å². The number of rotatable bonds is 2. The zero-order valence-electron chi connectivity index (χ0n) is 9.71. The lowest BCUT2D eigenvalue weighted by Crippen LogP contribution is -2.04. The fraction of sp³-hybridized carbons (Fsp3) is 0.0714. The summed E-state index contributed by atoms with van der Waals surface area (Å²) in [6.07, 6.45) is 0. The molecule has 2 aromatic rings. The Kier molecular flexibility index (Phi) is 3.60. The number of anilines is 1. The molecule has 2 N–H and O–H groups in total. The Morgan fingerprint density at radius 3 is 2.50 bits per heavy atom. The molecule has 0 aromatic heterocycles. The van der Waals surface area contributed by atoms with Crippen LogP contribution in [0.4, 0.5) is 5.69 Å². The summed E-state index contributed by atoms with van der Waals surface area (Å²) in [5, 5.41) is 0.947. The summed E-state index contributed by atoms with van der Waals surface area (Å²) in [6.45, 7) is 1.81. The minimum Gasteiger partial charge on any atom is -0.398 e. The van der Waals surface area contributed by atoms with Gasteiger partial charge in [-0.15, -0.1) is 0 Å². The topological polar surface area (TPSA) is 43.1 Å². The van der Waals surface area contributed by atoms with E-state index in [9.17, 15) is 4.79 Å². The van der Waals surface area contributed by atoms with Crippen LogP contribution in [-0.2, 0) is 0 Å². The first-order chi connectivity index (χ1) is 8.50. The van der Waals surface area contributed by atoms with Gasteiger partial charge >= 0.3 is 0 Å². The highest BCUT2D eigenvalue weighted by Crippen LogP contribution is 2.24. The highest BCUT2D eigenvalue weighted by molar-refractivity contribution is 6.34. The molecule has 0 heterocycles. The van der Waals surface area contributed by atoms with Gasteiger partial charge in [0.1, 0.15) is 0 Å². The Labute approximate surface area is 115 Å². The van der Waals surface area contributed by atoms with Crippen LogP contribution in [0.1, 0.15) is 21.5 Å². The van der Waals surface area contributed by atoms with Crippen LogP contribution in [0.15, 0.2) is 36.4 Å². The molecule has 2 rings (SSSR count). The maximum atomic E-state index is 12.3. The number of carbonyl (C=O) groups is 1. The van der Waals surface area contributed by atoms with Crippen LogP contribution in [0.25, 0.3) is 0 Å². The van der Waals surface area contributed by atoms with Gasteiger partial charge in [0, 0.05) is 16.1 Å². The number of halogens is 2. The third-order valence-electron chi connectivity index (χ3n) is 2.77. The molecular formula is C14H11Cl2NO. The van der Waals surface area contributed by atoms with Crippen molar-refractivity contribution < 1.29 is 4.79 Å². The second-order valence-electron chi connectivity index (χ2n) is 3.98. The minimum absolute atomic E-state index is 0.114. The zero-order chi connectivity index (χ0) is 13.3. The highest BCUT2D eigenvalue weighted by Gasteiger charge is 2.14. The first kappa shape index (κ1) is 12.9. The lowest BCUT2D eigenvalue weighted by atomic mass is 9.99. The van der Waals surface area contributed by atoms with Gasteiger partial charge in [-0.2, -0.15) is 0 Å². The van der Waals surface area contributed by atoms with Crippen LogP contribution >= 0.6 is 23.2 Å². The fourth-order valence-electron chi connectivity index (χ4n) is 1.68. The van der Waals surface area contributed by atoms with E-state index in [0.717, 1.165) is 5.56 Å². The number of carbonyl (C=O) groups excluding carboxylic acids is 1. The molecule has 0 unspecified atom stereocenters. The molecule has 18 heavy (non-hydrogen) atoms. The van der Waals surface area contributed by atoms with Gasteiger partial charge in [-0.25, -0.2) is 0 Å². The van der Waals surface area contributed by atoms with Gasteiger partial charge in [0.2, 0.25) is 0 Å². The largest absolute Gasteiger partial charge is 0.398 e. The van der Waals surface area contributed by atoms with E-state index in [2.05, 4.69) is 0 Å². The van der Waals surface area contributed by atoms with Gasteiger partial charge in [0.25, 0.3) is 0 Å². The van der Waals surface area contributed by atoms with Crippen LogP contribution in [0.3, 0.4) is 0 Å². The summed E-state index contributed by atoms with van der Waals surface area (Å²) < 4.78 is 0. The van der Waals surface area contributed by atoms with Gasteiger partial charge in [-0.05, 0) is 36.8 Å². The maximum absolute atomic E-state index is 12.3. The van der Waals surface area contributed by atoms with E-state index in [1.165, 1.54) is 0 Å². The number of ketones is 1. The zero-order valence-corrected chi connectivity index (χ0v) is 11.2. The van der Waals surface area contributed by atoms with Crippen molar-refractivity contribution in [2.45, 2.75) is 6.92 Å². The van der Waals surface area contributed by atoms with Crippen molar-refractivity contribution in [1.82, 2.24) is 0 Å². The van der Waals surface area contributed by atoms with E-state index in [1.807, 2.05) is 6.92 Å². The highest BCUT2D eigenvalue weighted by atomic mass is 35.5. The van der Waals surface area contributed by atoms with Gasteiger partial charge in [-0.1, -0.05) is 35.3 Å². The Hall–Kier alpha value is -1.51. The molecular weight excluding hydrogens is 269 g/mol. The van der Waals surface area contributed by atoms with Gasteiger partial charge in [0.05, 0.1) is 10.7 Å². The number of nitrogens with two attached hydrogens (primary N) is 1. The Bertz CT molecular complexity index is 623. The molecule has 2 nitrogen and oxygen atoms in total. The molecule has 0 amide bonds. The van der Waals surface area contributed by atoms with E-state index in [1.54, 1.807) is 36.4 Å². The summed E-state index contributed by atoms with van der Waals surface area (Å²) in [6, 6.07) is 10.1. The molecule has 0 aliphatic carbocycles. The number of hydrogen-bond acceptors (Lipinski definition) is 2. The average molecular weight is 280 g/mol. The number of hydrogen-bond donors (Lipinski definition) is 1. The molecule has 2 aromatic carbocycles. The minimum atomic E-state index is -0.114. The molecule has 0 atom stereocenters. The normalized spacial score (nSPS) is 10.4. The Morgan fingerprint density at radius 2 is 1.83 bits per heavy atom. The first-order valence-electron chi connectivity index (χ1n) is 5.35. The molecule has 0 saturated heterocycles. The summed E-state index contributed by atoms with van der Waals surface area (Å²) in [4.78, 5) is 12.3. The van der Waals surface area contributed by atoms with Crippen LogP contribution in [0.5, 0.6) is 0 Å². The number of benzene rings is 2. The molecule has 0 aliphatic heterocycles. The van der Waals surface area contributed by atoms with Gasteiger partial charge in [-0.3, -0.25) is 4.79 Å². The molecule has 4 heteroatoms. The molecule has 92 valence electrons. The molecule has 0 aliphatic rings. The van der Waals surface area contributed by atoms with Crippen molar-refractivity contribution in [3.05, 3.63) is 63.1 Å². The lowest BCUT2D eigenvalue weighted by molar-refractivity contribution is 0.103. The quantitative estimate of drug-likeness (QED) is 0.664. The Balaban J connectivity index is 2.48. The second-order valence-corrected chi connectivity index (χ2v) is 4.79. The summed E-state index contributed by atoms with van der Waals surface area (Å²) in [5.74, 6) is -0.114. The van der Waals surface area contributed by atoms with Crippen molar-refractivity contribution in [2.24, 2.45) is 0 Å². The summed E-state index contributed by atoms with van der Waals surface area (Å²) in [5.41, 5.74) is 7.91. The second kappa shape index (κ2) is 5.01. The average Bonchev–Trinajstić information content (AvgIpc) is 2.35. The third-order valence-corrected chi connectivity index (χ3v) is 3.51. The van der Waals surface area contributed by atoms with E-state index in [4.69, 9.17) is 28.9 Å². The maximum Gasteiger partial charge on any atom is 0.193 e. The van der Waals surface area contributed by atoms with Gasteiger partial charge in [0.15, 0.2) is 5.78 Å². The van der Waals surface area contributed by atoms with E-state index < -0.39 is 0 Å². The fourth-order valence-corrected chi connectivity index (χ4v) is 2.03. The van der Waals surface area contributed by atoms with Crippen LogP contribution < -0.4 is 5.73 Å². The van der Waals surface area contributed by atoms with Gasteiger partial charge < -0.3 is 5.73 Å². The van der Waals surface area contributed by atoms with Crippen molar-refractivity contribution in [1.29, 1.82) is 0 Å². The molecule has 0 fully saturated rings. The van der Waals surface area contributed by atoms with E-state index >= 15 is 0 Å². The van der Waals surface area contributed by atoms with Crippen molar-refractivity contribution in [2.75, 3.05) is 5.73 Å². The molecule has 0 spiro atoms. The predicted octanol–water partition coefficient (Wildman–Crippen LogP) is 4.12. The molecule has 0 radical (unpaired) electrons. The van der Waals surface area contributed by atoms with Crippen molar-refractivity contribution in [3.8, 4) is 0 Å². The van der Waals surface area contributed by atoms with Crippen LogP contribution in [-0.4, -0.2) is 5.78 Å². The monoisotopic (exact) mass is 279 g/mol. The van der Waals surface area contributed by atoms with Crippen LogP contribution in [0, 0.1) is 6.92 Å². The molecule has 0 saturated carbocycles. The lowest BCUT2D eigenvalue weighted by Gasteiger charge is -2.07. The standard InChI is InChI=1S/C14H11Cl2NO/c1-8-10(3-2-4-11(8)15)14(18)9-5-6-13(17)12(16)7-9/h2-7H,17H2,1H3. The third kappa shape index (κ3) is 2.35. The Morgan fingerprint density at radius 1 is 1.11 bits per heavy atom. The summed E-state index contributed by atoms with van der Waals surface area (Å²) >= 11 is 11.9.